The molecule has 1 aromatic carbocycles. The zero-order chi connectivity index (χ0) is 19.5. The lowest BCUT2D eigenvalue weighted by molar-refractivity contribution is -0.125. The number of carbonyl (C=O) groups excluding carboxylic acids is 3. The van der Waals surface area contributed by atoms with E-state index in [1.807, 2.05) is 45.0 Å². The van der Waals surface area contributed by atoms with Crippen molar-refractivity contribution in [1.29, 1.82) is 0 Å². The van der Waals surface area contributed by atoms with Crippen LogP contribution in [-0.2, 0) is 14.3 Å². The van der Waals surface area contributed by atoms with Crippen molar-refractivity contribution in [2.24, 2.45) is 0 Å². The number of carbonyl (C=O) groups is 3. The highest BCUT2D eigenvalue weighted by molar-refractivity contribution is 5.93. The smallest absolute Gasteiger partial charge is 0.413 e. The molecule has 0 aliphatic heterocycles. The second-order valence-electron chi connectivity index (χ2n) is 6.01. The van der Waals surface area contributed by atoms with Crippen molar-refractivity contribution >= 4 is 17.9 Å². The molecule has 0 bridgehead atoms. The van der Waals surface area contributed by atoms with E-state index in [9.17, 15) is 14.4 Å². The molecule has 3 amide bonds. The molecule has 26 heavy (non-hydrogen) atoms. The number of likely N-dealkylation sites (N-methyl/N-ethyl adjacent to an activating group) is 1. The summed E-state index contributed by atoms with van der Waals surface area (Å²) >= 11 is 0. The highest BCUT2D eigenvalue weighted by Crippen LogP contribution is 2.17. The second kappa shape index (κ2) is 11.3. The van der Waals surface area contributed by atoms with Crippen LogP contribution in [0.25, 0.3) is 0 Å². The van der Waals surface area contributed by atoms with Gasteiger partial charge in [0.25, 0.3) is 0 Å². The molecule has 0 heterocycles. The predicted octanol–water partition coefficient (Wildman–Crippen LogP) is 2.16. The number of aryl methyl sites for hydroxylation is 1. The maximum absolute atomic E-state index is 12.4. The molecule has 0 aliphatic rings. The summed E-state index contributed by atoms with van der Waals surface area (Å²) in [6, 6.07) is 7.97. The number of alkyl carbamates (subject to hydrolysis) is 1. The van der Waals surface area contributed by atoms with Crippen LogP contribution in [-0.4, -0.2) is 49.0 Å². The third kappa shape index (κ3) is 7.65. The van der Waals surface area contributed by atoms with E-state index in [-0.39, 0.29) is 31.6 Å². The van der Waals surface area contributed by atoms with Gasteiger partial charge in [-0.05, 0) is 32.4 Å². The zero-order valence-corrected chi connectivity index (χ0v) is 16.0. The third-order valence-corrected chi connectivity index (χ3v) is 3.92. The number of ether oxygens (including phenoxy) is 1. The van der Waals surface area contributed by atoms with E-state index in [2.05, 4.69) is 15.4 Å². The minimum absolute atomic E-state index is 0.0515. The number of hydrogen-bond donors (Lipinski definition) is 2. The highest BCUT2D eigenvalue weighted by Gasteiger charge is 2.18. The summed E-state index contributed by atoms with van der Waals surface area (Å²) < 4.78 is 4.66. The molecule has 0 spiro atoms. The lowest BCUT2D eigenvalue weighted by Gasteiger charge is -2.22. The number of amides is 3. The van der Waals surface area contributed by atoms with Crippen LogP contribution in [0.4, 0.5) is 4.79 Å². The van der Waals surface area contributed by atoms with Gasteiger partial charge in [0, 0.05) is 0 Å². The molecule has 0 aliphatic carbocycles. The lowest BCUT2D eigenvalue weighted by atomic mass is 10.0. The summed E-state index contributed by atoms with van der Waals surface area (Å²) in [4.78, 5) is 37.1. The molecule has 2 N–H and O–H groups in total. The molecular formula is C19H29N3O4. The molecule has 7 nitrogen and oxygen atoms in total. The van der Waals surface area contributed by atoms with Gasteiger partial charge in [-0.2, -0.15) is 0 Å². The molecule has 0 fully saturated rings. The Morgan fingerprint density at radius 3 is 2.19 bits per heavy atom. The summed E-state index contributed by atoms with van der Waals surface area (Å²) in [7, 11) is 0. The fraction of sp³-hybridized carbons (Fsp3) is 0.526. The Bertz CT molecular complexity index is 601. The number of imide groups is 1. The van der Waals surface area contributed by atoms with Crippen molar-refractivity contribution < 1.29 is 19.1 Å². The average molecular weight is 363 g/mol. The van der Waals surface area contributed by atoms with Crippen LogP contribution in [0.2, 0.25) is 0 Å². The van der Waals surface area contributed by atoms with Crippen molar-refractivity contribution in [3.8, 4) is 0 Å². The second-order valence-corrected chi connectivity index (χ2v) is 6.01. The van der Waals surface area contributed by atoms with E-state index < -0.39 is 12.0 Å². The van der Waals surface area contributed by atoms with Gasteiger partial charge in [0.15, 0.2) is 0 Å². The highest BCUT2D eigenvalue weighted by atomic mass is 16.5. The summed E-state index contributed by atoms with van der Waals surface area (Å²) in [5.74, 6) is -0.660. The van der Waals surface area contributed by atoms with E-state index in [0.717, 1.165) is 12.0 Å². The minimum atomic E-state index is -0.775. The van der Waals surface area contributed by atoms with Crippen molar-refractivity contribution in [3.63, 3.8) is 0 Å². The Labute approximate surface area is 155 Å². The first-order chi connectivity index (χ1) is 12.4. The van der Waals surface area contributed by atoms with E-state index in [1.54, 1.807) is 11.8 Å². The van der Waals surface area contributed by atoms with Gasteiger partial charge < -0.3 is 10.1 Å². The Morgan fingerprint density at radius 2 is 1.65 bits per heavy atom. The normalized spacial score (nSPS) is 11.7. The van der Waals surface area contributed by atoms with Crippen LogP contribution in [0.15, 0.2) is 24.3 Å². The third-order valence-electron chi connectivity index (χ3n) is 3.92. The quantitative estimate of drug-likeness (QED) is 0.702. The molecule has 144 valence electrons. The Kier molecular flexibility index (Phi) is 9.36. The topological polar surface area (TPSA) is 87.7 Å². The molecule has 0 unspecified atom stereocenters. The molecule has 1 atom stereocenters. The van der Waals surface area contributed by atoms with Crippen LogP contribution in [0, 0.1) is 6.92 Å². The Balaban J connectivity index is 2.55. The number of rotatable bonds is 9. The zero-order valence-electron chi connectivity index (χ0n) is 16.0. The summed E-state index contributed by atoms with van der Waals surface area (Å²) in [5, 5.41) is 5.13. The predicted molar refractivity (Wildman–Crippen MR) is 99.6 cm³/mol. The van der Waals surface area contributed by atoms with E-state index in [1.165, 1.54) is 5.56 Å². The number of nitrogens with zero attached hydrogens (tertiary/aromatic N) is 1. The molecule has 0 aromatic heterocycles. The van der Waals surface area contributed by atoms with Gasteiger partial charge in [-0.3, -0.25) is 19.8 Å². The molecule has 0 saturated heterocycles. The largest absolute Gasteiger partial charge is 0.450 e. The molecule has 1 aromatic rings. The van der Waals surface area contributed by atoms with Gasteiger partial charge in [-0.15, -0.1) is 0 Å². The van der Waals surface area contributed by atoms with E-state index >= 15 is 0 Å². The van der Waals surface area contributed by atoms with Crippen LogP contribution >= 0.6 is 0 Å². The van der Waals surface area contributed by atoms with Crippen molar-refractivity contribution in [2.45, 2.75) is 40.2 Å². The Hall–Kier alpha value is -2.41. The molecule has 1 rings (SSSR count). The summed E-state index contributed by atoms with van der Waals surface area (Å²) in [6.45, 7) is 8.26. The monoisotopic (exact) mass is 363 g/mol. The van der Waals surface area contributed by atoms with Crippen molar-refractivity contribution in [1.82, 2.24) is 15.5 Å². The van der Waals surface area contributed by atoms with Crippen molar-refractivity contribution in [3.05, 3.63) is 35.4 Å². The maximum Gasteiger partial charge on any atom is 0.413 e. The molecule has 0 saturated carbocycles. The standard InChI is InChI=1S/C19H29N3O4/c1-5-16(15-10-8-14(4)9-11-15)20-17(23)12-22(6-2)13-18(24)21-19(25)26-7-3/h8-11,16H,5-7,12-13H2,1-4H3,(H,20,23)(H,21,24,25)/t16-/m1/s1. The lowest BCUT2D eigenvalue weighted by Crippen LogP contribution is -2.44. The fourth-order valence-corrected chi connectivity index (χ4v) is 2.47. The number of benzene rings is 1. The number of nitrogens with one attached hydrogen (secondary N) is 2. The van der Waals surface area contributed by atoms with Crippen LogP contribution < -0.4 is 10.6 Å². The van der Waals surface area contributed by atoms with Crippen LogP contribution in [0.5, 0.6) is 0 Å². The van der Waals surface area contributed by atoms with Crippen LogP contribution in [0.3, 0.4) is 0 Å². The molecule has 0 radical (unpaired) electrons. The van der Waals surface area contributed by atoms with Gasteiger partial charge in [0.05, 0.1) is 25.7 Å². The van der Waals surface area contributed by atoms with Gasteiger partial charge in [0.2, 0.25) is 11.8 Å². The van der Waals surface area contributed by atoms with Gasteiger partial charge in [-0.25, -0.2) is 4.79 Å². The first-order valence-electron chi connectivity index (χ1n) is 8.94. The van der Waals surface area contributed by atoms with E-state index in [4.69, 9.17) is 0 Å². The maximum atomic E-state index is 12.4. The van der Waals surface area contributed by atoms with Gasteiger partial charge in [-0.1, -0.05) is 43.7 Å². The minimum Gasteiger partial charge on any atom is -0.450 e. The van der Waals surface area contributed by atoms with Gasteiger partial charge >= 0.3 is 6.09 Å². The van der Waals surface area contributed by atoms with Crippen LogP contribution in [0.1, 0.15) is 44.4 Å². The summed E-state index contributed by atoms with van der Waals surface area (Å²) in [6.07, 6.45) is -0.00648. The van der Waals surface area contributed by atoms with Gasteiger partial charge in [0.1, 0.15) is 0 Å². The summed E-state index contributed by atoms with van der Waals surface area (Å²) in [5.41, 5.74) is 2.22. The molecule has 7 heteroatoms. The molecular weight excluding hydrogens is 334 g/mol. The first-order valence-corrected chi connectivity index (χ1v) is 8.94. The SMILES string of the molecule is CCOC(=O)NC(=O)CN(CC)CC(=O)N[C@H](CC)c1ccc(C)cc1. The average Bonchev–Trinajstić information content (AvgIpc) is 2.60. The van der Waals surface area contributed by atoms with E-state index in [0.29, 0.717) is 6.54 Å². The Morgan fingerprint density at radius 1 is 1.04 bits per heavy atom. The first kappa shape index (κ1) is 21.6. The number of hydrogen-bond acceptors (Lipinski definition) is 5. The van der Waals surface area contributed by atoms with Crippen molar-refractivity contribution in [2.75, 3.05) is 26.2 Å². The fourth-order valence-electron chi connectivity index (χ4n) is 2.47.